The van der Waals surface area contributed by atoms with E-state index >= 15 is 0 Å². The van der Waals surface area contributed by atoms with Crippen molar-refractivity contribution < 1.29 is 8.83 Å². The Bertz CT molecular complexity index is 4110. The fraction of sp³-hybridized carbons (Fsp3) is 0.0625. The van der Waals surface area contributed by atoms with Crippen molar-refractivity contribution in [2.45, 2.75) is 24.7 Å². The van der Waals surface area contributed by atoms with Crippen LogP contribution in [-0.4, -0.2) is 0 Å². The Morgan fingerprint density at radius 1 is 0.313 bits per heavy atom. The van der Waals surface area contributed by atoms with Crippen LogP contribution in [0, 0.1) is 0 Å². The number of anilines is 3. The minimum atomic E-state index is -0.721. The van der Waals surface area contributed by atoms with Crippen LogP contribution in [0.5, 0.6) is 0 Å². The Hall–Kier alpha value is -8.40. The van der Waals surface area contributed by atoms with Gasteiger partial charge in [0.25, 0.3) is 0 Å². The van der Waals surface area contributed by atoms with Crippen LogP contribution in [0.4, 0.5) is 17.1 Å². The van der Waals surface area contributed by atoms with Crippen molar-refractivity contribution in [1.82, 2.24) is 0 Å². The first-order chi connectivity index (χ1) is 33.0. The van der Waals surface area contributed by atoms with Crippen LogP contribution in [-0.2, 0) is 10.8 Å². The van der Waals surface area contributed by atoms with Crippen molar-refractivity contribution in [3.63, 3.8) is 0 Å². The molecule has 314 valence electrons. The van der Waals surface area contributed by atoms with E-state index < -0.39 is 5.41 Å². The zero-order chi connectivity index (χ0) is 44.2. The summed E-state index contributed by atoms with van der Waals surface area (Å²) in [5.74, 6) is 0. The van der Waals surface area contributed by atoms with E-state index in [4.69, 9.17) is 8.83 Å². The Morgan fingerprint density at radius 2 is 0.791 bits per heavy atom. The second-order valence-corrected chi connectivity index (χ2v) is 19.1. The molecule has 3 aliphatic rings. The molecule has 15 rings (SSSR count). The first kappa shape index (κ1) is 36.9. The molecule has 0 fully saturated rings. The second kappa shape index (κ2) is 13.1. The SMILES string of the molecule is CC1(C)c2ccccc2-c2ccc(N(c3ccc4c(c3)C3(c5ccccc5-c5ccccc5-4)c4ccccc4-c4cc5c(cc43)oc3ccccc35)c3cccc4oc5ccccc5c34)cc21. The number of fused-ring (bicyclic) bond motifs is 21. The number of furan rings is 2. The van der Waals surface area contributed by atoms with E-state index in [1.807, 2.05) is 0 Å². The summed E-state index contributed by atoms with van der Waals surface area (Å²) in [6, 6.07) is 78.6. The molecule has 0 saturated carbocycles. The molecule has 0 saturated heterocycles. The number of hydrogen-bond acceptors (Lipinski definition) is 3. The Kier molecular flexibility index (Phi) is 7.22. The summed E-state index contributed by atoms with van der Waals surface area (Å²) < 4.78 is 13.4. The van der Waals surface area contributed by atoms with Gasteiger partial charge in [0, 0.05) is 32.9 Å². The monoisotopic (exact) mass is 855 g/mol. The summed E-state index contributed by atoms with van der Waals surface area (Å²) in [6.07, 6.45) is 0. The molecule has 3 aliphatic carbocycles. The summed E-state index contributed by atoms with van der Waals surface area (Å²) in [5, 5.41) is 4.45. The third-order valence-corrected chi connectivity index (χ3v) is 15.5. The average Bonchev–Trinajstić information content (AvgIpc) is 4.07. The number of hydrogen-bond donors (Lipinski definition) is 0. The lowest BCUT2D eigenvalue weighted by Gasteiger charge is -2.36. The van der Waals surface area contributed by atoms with Gasteiger partial charge in [-0.05, 0) is 139 Å². The van der Waals surface area contributed by atoms with Gasteiger partial charge in [0.2, 0.25) is 0 Å². The number of rotatable bonds is 3. The van der Waals surface area contributed by atoms with Crippen molar-refractivity contribution in [3.05, 3.63) is 246 Å². The predicted octanol–water partition coefficient (Wildman–Crippen LogP) is 17.3. The van der Waals surface area contributed by atoms with E-state index in [9.17, 15) is 0 Å². The van der Waals surface area contributed by atoms with Crippen LogP contribution < -0.4 is 4.90 Å². The third kappa shape index (κ3) is 4.75. The molecule has 0 aliphatic heterocycles. The van der Waals surface area contributed by atoms with E-state index in [0.717, 1.165) is 60.9 Å². The van der Waals surface area contributed by atoms with E-state index in [2.05, 4.69) is 231 Å². The maximum atomic E-state index is 6.79. The summed E-state index contributed by atoms with van der Waals surface area (Å²) in [7, 11) is 0. The van der Waals surface area contributed by atoms with Gasteiger partial charge in [0.1, 0.15) is 22.3 Å². The lowest BCUT2D eigenvalue weighted by Crippen LogP contribution is -2.29. The highest BCUT2D eigenvalue weighted by atomic mass is 16.3. The first-order valence-electron chi connectivity index (χ1n) is 23.3. The Morgan fingerprint density at radius 3 is 1.49 bits per heavy atom. The summed E-state index contributed by atoms with van der Waals surface area (Å²) in [6.45, 7) is 4.73. The molecule has 2 heterocycles. The minimum absolute atomic E-state index is 0.188. The molecule has 1 atom stereocenters. The predicted molar refractivity (Wildman–Crippen MR) is 275 cm³/mol. The molecular formula is C64H41NO2. The quantitative estimate of drug-likeness (QED) is 0.177. The van der Waals surface area contributed by atoms with Crippen LogP contribution in [0.15, 0.2) is 221 Å². The Balaban J connectivity index is 1.08. The maximum absolute atomic E-state index is 6.79. The lowest BCUT2D eigenvalue weighted by atomic mass is 9.65. The van der Waals surface area contributed by atoms with Gasteiger partial charge in [-0.1, -0.05) is 166 Å². The molecule has 3 heteroatoms. The van der Waals surface area contributed by atoms with Crippen LogP contribution in [0.25, 0.3) is 88.4 Å². The molecule has 0 radical (unpaired) electrons. The highest BCUT2D eigenvalue weighted by Gasteiger charge is 2.50. The van der Waals surface area contributed by atoms with Crippen molar-refractivity contribution in [1.29, 1.82) is 0 Å². The molecule has 3 nitrogen and oxygen atoms in total. The van der Waals surface area contributed by atoms with Gasteiger partial charge in [0.15, 0.2) is 0 Å². The summed E-state index contributed by atoms with van der Waals surface area (Å²) in [5.41, 5.74) is 23.5. The molecule has 2 aromatic heterocycles. The standard InChI is InChI=1S/C64H41NO2/c1-63(2)51-23-10-5-19-43(51)46-33-31-38(34-54(46)63)65(57-26-15-29-60-62(57)48-22-9-14-28-59(48)66-60)39-30-32-45-41-17-4-3-16-40(41)42-18-6-11-24-52(42)64(55(45)35-39)53-25-12-7-20-44(53)49-36-50-47-21-8-13-27-58(47)67-61(50)37-56(49)64/h3-37H,1-2H3. The normalized spacial score (nSPS) is 15.8. The molecular weight excluding hydrogens is 815 g/mol. The van der Waals surface area contributed by atoms with Crippen molar-refractivity contribution >= 4 is 60.9 Å². The largest absolute Gasteiger partial charge is 0.456 e. The zero-order valence-electron chi connectivity index (χ0n) is 37.0. The molecule has 1 unspecified atom stereocenters. The average molecular weight is 856 g/mol. The van der Waals surface area contributed by atoms with Gasteiger partial charge < -0.3 is 13.7 Å². The number of para-hydroxylation sites is 2. The topological polar surface area (TPSA) is 29.5 Å². The molecule has 1 spiro atoms. The van der Waals surface area contributed by atoms with E-state index in [0.29, 0.717) is 0 Å². The molecule has 12 aromatic rings. The minimum Gasteiger partial charge on any atom is -0.456 e. The van der Waals surface area contributed by atoms with Crippen LogP contribution >= 0.6 is 0 Å². The van der Waals surface area contributed by atoms with Gasteiger partial charge in [-0.2, -0.15) is 0 Å². The van der Waals surface area contributed by atoms with Gasteiger partial charge in [-0.15, -0.1) is 0 Å². The number of benzene rings is 10. The van der Waals surface area contributed by atoms with E-state index in [1.54, 1.807) is 0 Å². The molecule has 10 aromatic carbocycles. The zero-order valence-corrected chi connectivity index (χ0v) is 37.0. The van der Waals surface area contributed by atoms with Gasteiger partial charge in [-0.25, -0.2) is 0 Å². The van der Waals surface area contributed by atoms with E-state index in [1.165, 1.54) is 77.9 Å². The van der Waals surface area contributed by atoms with Crippen LogP contribution in [0.1, 0.15) is 47.2 Å². The van der Waals surface area contributed by atoms with Crippen molar-refractivity contribution in [2.75, 3.05) is 4.90 Å². The molecule has 0 bridgehead atoms. The third-order valence-electron chi connectivity index (χ3n) is 15.5. The summed E-state index contributed by atoms with van der Waals surface area (Å²) >= 11 is 0. The highest BCUT2D eigenvalue weighted by Crippen LogP contribution is 2.63. The maximum Gasteiger partial charge on any atom is 0.137 e. The first-order valence-corrected chi connectivity index (χ1v) is 23.3. The summed E-state index contributed by atoms with van der Waals surface area (Å²) in [4.78, 5) is 2.49. The molecule has 67 heavy (non-hydrogen) atoms. The fourth-order valence-electron chi connectivity index (χ4n) is 12.6. The van der Waals surface area contributed by atoms with Crippen LogP contribution in [0.2, 0.25) is 0 Å². The highest BCUT2D eigenvalue weighted by molar-refractivity contribution is 6.14. The second-order valence-electron chi connectivity index (χ2n) is 19.1. The van der Waals surface area contributed by atoms with E-state index in [-0.39, 0.29) is 5.41 Å². The van der Waals surface area contributed by atoms with Crippen molar-refractivity contribution in [3.8, 4) is 44.5 Å². The molecule has 0 N–H and O–H groups in total. The number of nitrogens with zero attached hydrogens (tertiary/aromatic N) is 1. The Labute approximate surface area is 387 Å². The van der Waals surface area contributed by atoms with Crippen molar-refractivity contribution in [2.24, 2.45) is 0 Å². The van der Waals surface area contributed by atoms with Crippen LogP contribution in [0.3, 0.4) is 0 Å². The fourth-order valence-corrected chi connectivity index (χ4v) is 12.6. The lowest BCUT2D eigenvalue weighted by molar-refractivity contribution is 0.660. The van der Waals surface area contributed by atoms with Gasteiger partial charge in [0.05, 0.1) is 16.5 Å². The van der Waals surface area contributed by atoms with Gasteiger partial charge >= 0.3 is 0 Å². The molecule has 0 amide bonds. The van der Waals surface area contributed by atoms with Gasteiger partial charge in [-0.3, -0.25) is 0 Å². The smallest absolute Gasteiger partial charge is 0.137 e.